The molecule has 1 aromatic carbocycles. The highest BCUT2D eigenvalue weighted by atomic mass is 16.3. The van der Waals surface area contributed by atoms with Crippen LogP contribution in [-0.2, 0) is 0 Å². The van der Waals surface area contributed by atoms with Gasteiger partial charge in [-0.15, -0.1) is 10.2 Å². The summed E-state index contributed by atoms with van der Waals surface area (Å²) in [6.45, 7) is 3.13. The van der Waals surface area contributed by atoms with E-state index < -0.39 is 0 Å². The van der Waals surface area contributed by atoms with Gasteiger partial charge in [-0.25, -0.2) is 19.5 Å². The Hall–Kier alpha value is -5.77. The number of nitrogens with zero attached hydrogens (tertiary/aromatic N) is 10. The van der Waals surface area contributed by atoms with Crippen molar-refractivity contribution in [3.63, 3.8) is 0 Å². The number of benzene rings is 1. The maximum Gasteiger partial charge on any atom is 0.274 e. The van der Waals surface area contributed by atoms with E-state index >= 15 is 0 Å². The van der Waals surface area contributed by atoms with Gasteiger partial charge >= 0.3 is 0 Å². The van der Waals surface area contributed by atoms with E-state index in [-0.39, 0.29) is 18.2 Å². The number of aromatic hydroxyl groups is 1. The lowest BCUT2D eigenvalue weighted by atomic mass is 10.1. The number of nitrogens with two attached hydrogens (primary N) is 1. The van der Waals surface area contributed by atoms with Crippen molar-refractivity contribution >= 4 is 28.9 Å². The lowest BCUT2D eigenvalue weighted by Crippen LogP contribution is -2.31. The van der Waals surface area contributed by atoms with Crippen LogP contribution in [0.2, 0.25) is 0 Å². The molecule has 1 aliphatic rings. The molecule has 1 amide bonds. The molecule has 3 N–H and O–H groups in total. The van der Waals surface area contributed by atoms with Crippen molar-refractivity contribution in [2.75, 3.05) is 55.3 Å². The SMILES string of the molecule is CN(CC#Cc1nccc(N2CCCN(c3cc(-c4ccccc4O)nnc3N)CC2)n1)C(=O)c1cc2ncccn2n1. The fourth-order valence-corrected chi connectivity index (χ4v) is 4.88. The number of carbonyl (C=O) groups excluding carboxylic acids is 1. The van der Waals surface area contributed by atoms with Gasteiger partial charge in [0.15, 0.2) is 17.2 Å². The van der Waals surface area contributed by atoms with Crippen molar-refractivity contribution in [1.29, 1.82) is 0 Å². The Morgan fingerprint density at radius 1 is 1.02 bits per heavy atom. The molecule has 13 nitrogen and oxygen atoms in total. The quantitative estimate of drug-likeness (QED) is 0.296. The van der Waals surface area contributed by atoms with Crippen LogP contribution in [0.4, 0.5) is 17.3 Å². The van der Waals surface area contributed by atoms with Crippen molar-refractivity contribution in [3.05, 3.63) is 78.6 Å². The van der Waals surface area contributed by atoms with Crippen LogP contribution in [0.5, 0.6) is 5.75 Å². The van der Waals surface area contributed by atoms with E-state index in [0.29, 0.717) is 47.3 Å². The first-order valence-corrected chi connectivity index (χ1v) is 13.8. The van der Waals surface area contributed by atoms with Gasteiger partial charge in [0.2, 0.25) is 5.82 Å². The number of phenols is 1. The molecule has 5 aromatic rings. The topological polar surface area (TPSA) is 155 Å². The van der Waals surface area contributed by atoms with Crippen LogP contribution in [0, 0.1) is 11.8 Å². The Bertz CT molecular complexity index is 1810. The fraction of sp³-hybridized carbons (Fsp3) is 0.233. The van der Waals surface area contributed by atoms with Gasteiger partial charge in [-0.2, -0.15) is 5.10 Å². The first-order valence-electron chi connectivity index (χ1n) is 13.8. The Labute approximate surface area is 247 Å². The van der Waals surface area contributed by atoms with Crippen molar-refractivity contribution in [3.8, 4) is 28.8 Å². The molecule has 0 aliphatic carbocycles. The van der Waals surface area contributed by atoms with Gasteiger partial charge < -0.3 is 25.5 Å². The molecule has 216 valence electrons. The summed E-state index contributed by atoms with van der Waals surface area (Å²) in [5.41, 5.74) is 9.08. The summed E-state index contributed by atoms with van der Waals surface area (Å²) in [4.78, 5) is 31.8. The van der Waals surface area contributed by atoms with Crippen LogP contribution in [-0.4, -0.2) is 90.4 Å². The second kappa shape index (κ2) is 12.0. The first-order chi connectivity index (χ1) is 21.0. The van der Waals surface area contributed by atoms with Crippen LogP contribution in [0.1, 0.15) is 22.7 Å². The lowest BCUT2D eigenvalue weighted by Gasteiger charge is -2.25. The van der Waals surface area contributed by atoms with Gasteiger partial charge in [0.1, 0.15) is 11.6 Å². The molecule has 6 rings (SSSR count). The number of nitrogen functional groups attached to an aromatic ring is 1. The van der Waals surface area contributed by atoms with Gasteiger partial charge in [0.05, 0.1) is 17.9 Å². The van der Waals surface area contributed by atoms with E-state index in [2.05, 4.69) is 51.9 Å². The van der Waals surface area contributed by atoms with E-state index in [4.69, 9.17) is 5.73 Å². The molecule has 0 saturated carbocycles. The number of phenolic OH excluding ortho intramolecular Hbond substituents is 1. The molecule has 0 radical (unpaired) electrons. The van der Waals surface area contributed by atoms with Crippen molar-refractivity contribution in [2.24, 2.45) is 0 Å². The van der Waals surface area contributed by atoms with E-state index in [1.807, 2.05) is 18.2 Å². The third kappa shape index (κ3) is 5.98. The number of hydrogen-bond acceptors (Lipinski definition) is 11. The van der Waals surface area contributed by atoms with Crippen molar-refractivity contribution in [1.82, 2.24) is 39.7 Å². The standard InChI is InChI=1S/C30H29N11O2/c1-38(30(43)23-20-28-33-11-5-16-41(28)37-23)13-4-9-26-32-12-10-27(34-26)40-15-6-14-39(17-18-40)24-19-22(35-36-29(24)31)21-7-2-3-8-25(21)42/h2-3,5,7-8,10-12,16,19-20,42H,6,13-15,17-18H2,1H3,(H2,31,36). The number of amides is 1. The predicted octanol–water partition coefficient (Wildman–Crippen LogP) is 2.10. The summed E-state index contributed by atoms with van der Waals surface area (Å²) in [6, 6.07) is 14.2. The fourth-order valence-electron chi connectivity index (χ4n) is 4.88. The second-order valence-electron chi connectivity index (χ2n) is 10.00. The van der Waals surface area contributed by atoms with E-state index in [9.17, 15) is 9.90 Å². The summed E-state index contributed by atoms with van der Waals surface area (Å²) in [7, 11) is 1.67. The van der Waals surface area contributed by atoms with E-state index in [1.54, 1.807) is 60.5 Å². The monoisotopic (exact) mass is 575 g/mol. The van der Waals surface area contributed by atoms with Gasteiger partial charge in [0, 0.05) is 63.4 Å². The Morgan fingerprint density at radius 3 is 2.72 bits per heavy atom. The predicted molar refractivity (Wildman–Crippen MR) is 161 cm³/mol. The van der Waals surface area contributed by atoms with Crippen LogP contribution >= 0.6 is 0 Å². The van der Waals surface area contributed by atoms with Gasteiger partial charge in [0.25, 0.3) is 5.91 Å². The normalized spacial score (nSPS) is 13.3. The Kier molecular flexibility index (Phi) is 7.64. The molecular formula is C30H29N11O2. The number of rotatable bonds is 5. The smallest absolute Gasteiger partial charge is 0.274 e. The van der Waals surface area contributed by atoms with Gasteiger partial charge in [-0.1, -0.05) is 18.1 Å². The number of para-hydroxylation sites is 1. The van der Waals surface area contributed by atoms with Gasteiger partial charge in [-0.3, -0.25) is 4.79 Å². The average molecular weight is 576 g/mol. The number of carbonyl (C=O) groups is 1. The summed E-state index contributed by atoms with van der Waals surface area (Å²) >= 11 is 0. The zero-order valence-corrected chi connectivity index (χ0v) is 23.5. The third-order valence-corrected chi connectivity index (χ3v) is 7.10. The maximum absolute atomic E-state index is 12.8. The molecule has 13 heteroatoms. The number of aromatic nitrogens is 7. The van der Waals surface area contributed by atoms with Crippen molar-refractivity contribution in [2.45, 2.75) is 6.42 Å². The summed E-state index contributed by atoms with van der Waals surface area (Å²) in [6.07, 6.45) is 5.95. The molecule has 5 heterocycles. The van der Waals surface area contributed by atoms with Crippen LogP contribution < -0.4 is 15.5 Å². The maximum atomic E-state index is 12.8. The van der Waals surface area contributed by atoms with Crippen LogP contribution in [0.25, 0.3) is 16.9 Å². The van der Waals surface area contributed by atoms with E-state index in [0.717, 1.165) is 31.0 Å². The molecule has 0 atom stereocenters. The number of hydrogen-bond donors (Lipinski definition) is 2. The summed E-state index contributed by atoms with van der Waals surface area (Å²) in [5, 5.41) is 22.9. The molecule has 0 bridgehead atoms. The number of anilines is 3. The number of fused-ring (bicyclic) bond motifs is 1. The lowest BCUT2D eigenvalue weighted by molar-refractivity contribution is 0.0806. The molecule has 1 aliphatic heterocycles. The molecule has 0 unspecified atom stereocenters. The largest absolute Gasteiger partial charge is 0.507 e. The average Bonchev–Trinajstić information content (AvgIpc) is 3.31. The minimum atomic E-state index is -0.249. The zero-order valence-electron chi connectivity index (χ0n) is 23.5. The van der Waals surface area contributed by atoms with Crippen molar-refractivity contribution < 1.29 is 9.90 Å². The van der Waals surface area contributed by atoms with Crippen LogP contribution in [0.3, 0.4) is 0 Å². The molecule has 4 aromatic heterocycles. The minimum absolute atomic E-state index is 0.139. The molecule has 43 heavy (non-hydrogen) atoms. The van der Waals surface area contributed by atoms with Gasteiger partial charge in [-0.05, 0) is 42.7 Å². The molecular weight excluding hydrogens is 546 g/mol. The third-order valence-electron chi connectivity index (χ3n) is 7.10. The second-order valence-corrected chi connectivity index (χ2v) is 10.00. The zero-order chi connectivity index (χ0) is 29.8. The highest BCUT2D eigenvalue weighted by Crippen LogP contribution is 2.31. The van der Waals surface area contributed by atoms with E-state index in [1.165, 1.54) is 4.90 Å². The molecule has 1 saturated heterocycles. The first kappa shape index (κ1) is 27.4. The van der Waals surface area contributed by atoms with Crippen LogP contribution in [0.15, 0.2) is 67.1 Å². The molecule has 1 fully saturated rings. The summed E-state index contributed by atoms with van der Waals surface area (Å²) < 4.78 is 1.56. The molecule has 0 spiro atoms. The summed E-state index contributed by atoms with van der Waals surface area (Å²) in [5.74, 6) is 7.36. The Morgan fingerprint density at radius 2 is 1.86 bits per heavy atom. The highest BCUT2D eigenvalue weighted by molar-refractivity contribution is 5.93. The minimum Gasteiger partial charge on any atom is -0.507 e. The highest BCUT2D eigenvalue weighted by Gasteiger charge is 2.20. The Balaban J connectivity index is 1.10.